The van der Waals surface area contributed by atoms with E-state index in [0.717, 1.165) is 42.1 Å². The molecule has 2 aliphatic carbocycles. The second-order valence-corrected chi connectivity index (χ2v) is 9.99. The van der Waals surface area contributed by atoms with Gasteiger partial charge in [-0.15, -0.1) is 0 Å². The van der Waals surface area contributed by atoms with Crippen molar-refractivity contribution in [3.8, 4) is 0 Å². The molecule has 0 bridgehead atoms. The van der Waals surface area contributed by atoms with Crippen molar-refractivity contribution in [3.63, 3.8) is 0 Å². The van der Waals surface area contributed by atoms with E-state index < -0.39 is 11.0 Å². The first-order valence-corrected chi connectivity index (χ1v) is 11.3. The molecular weight excluding hydrogens is 392 g/mol. The summed E-state index contributed by atoms with van der Waals surface area (Å²) >= 11 is 0. The molecule has 0 amide bonds. The highest BCUT2D eigenvalue weighted by atomic mass is 16.6. The van der Waals surface area contributed by atoms with Gasteiger partial charge in [0.15, 0.2) is 0 Å². The zero-order chi connectivity index (χ0) is 22.3. The van der Waals surface area contributed by atoms with Crippen LogP contribution in [0.2, 0.25) is 0 Å². The van der Waals surface area contributed by atoms with Crippen LogP contribution in [-0.2, 0) is 24.5 Å². The molecule has 2 aromatic rings. The molecule has 2 aliphatic rings. The van der Waals surface area contributed by atoms with Crippen LogP contribution < -0.4 is 0 Å². The van der Waals surface area contributed by atoms with Crippen molar-refractivity contribution in [2.24, 2.45) is 11.3 Å². The third-order valence-electron chi connectivity index (χ3n) is 6.94. The molecule has 0 radical (unpaired) electrons. The average molecular weight is 425 g/mol. The van der Waals surface area contributed by atoms with Gasteiger partial charge in [0, 0.05) is 24.0 Å². The number of nitrogens with zero attached hydrogens (tertiary/aromatic N) is 2. The van der Waals surface area contributed by atoms with Gasteiger partial charge in [0.1, 0.15) is 5.60 Å². The van der Waals surface area contributed by atoms with Crippen LogP contribution in [-0.4, -0.2) is 34.1 Å². The van der Waals surface area contributed by atoms with Crippen LogP contribution in [0, 0.1) is 11.3 Å². The van der Waals surface area contributed by atoms with Gasteiger partial charge in [-0.25, -0.2) is 0 Å². The predicted octanol–water partition coefficient (Wildman–Crippen LogP) is 4.74. The van der Waals surface area contributed by atoms with E-state index in [0.29, 0.717) is 19.4 Å². The summed E-state index contributed by atoms with van der Waals surface area (Å²) in [5, 5.41) is 0.893. The first-order chi connectivity index (χ1) is 14.7. The summed E-state index contributed by atoms with van der Waals surface area (Å²) in [6, 6.07) is 3.80. The first kappa shape index (κ1) is 21.7. The summed E-state index contributed by atoms with van der Waals surface area (Å²) in [6.07, 6.45) is 9.89. The monoisotopic (exact) mass is 424 g/mol. The Morgan fingerprint density at radius 2 is 1.77 bits per heavy atom. The van der Waals surface area contributed by atoms with Crippen LogP contribution >= 0.6 is 0 Å². The molecule has 2 saturated carbocycles. The van der Waals surface area contributed by atoms with Crippen molar-refractivity contribution in [1.82, 2.24) is 9.97 Å². The molecule has 6 heteroatoms. The first-order valence-electron chi connectivity index (χ1n) is 11.3. The zero-order valence-corrected chi connectivity index (χ0v) is 18.9. The van der Waals surface area contributed by atoms with E-state index in [1.54, 1.807) is 18.6 Å². The number of ether oxygens (including phenoxy) is 2. The highest BCUT2D eigenvalue weighted by Crippen LogP contribution is 2.60. The van der Waals surface area contributed by atoms with Gasteiger partial charge in [0.05, 0.1) is 23.0 Å². The molecule has 6 nitrogen and oxygen atoms in total. The van der Waals surface area contributed by atoms with Crippen LogP contribution in [0.1, 0.15) is 71.8 Å². The molecule has 0 unspecified atom stereocenters. The number of hydrogen-bond acceptors (Lipinski definition) is 6. The lowest BCUT2D eigenvalue weighted by atomic mass is 9.63. The van der Waals surface area contributed by atoms with Crippen LogP contribution in [0.15, 0.2) is 30.7 Å². The number of esters is 2. The molecule has 0 N–H and O–H groups in total. The molecule has 31 heavy (non-hydrogen) atoms. The van der Waals surface area contributed by atoms with Crippen molar-refractivity contribution in [2.75, 3.05) is 6.61 Å². The van der Waals surface area contributed by atoms with E-state index in [4.69, 9.17) is 9.47 Å². The fraction of sp³-hybridized carbons (Fsp3) is 0.600. The maximum absolute atomic E-state index is 13.3. The summed E-state index contributed by atoms with van der Waals surface area (Å²) in [5.41, 5.74) is 0.158. The molecule has 2 heterocycles. The van der Waals surface area contributed by atoms with Crippen molar-refractivity contribution in [3.05, 3.63) is 36.3 Å². The molecule has 2 aromatic heterocycles. The topological polar surface area (TPSA) is 78.4 Å². The summed E-state index contributed by atoms with van der Waals surface area (Å²) in [5.74, 6) is -0.0322. The van der Waals surface area contributed by atoms with Crippen molar-refractivity contribution < 1.29 is 19.1 Å². The Bertz CT molecular complexity index is 977. The van der Waals surface area contributed by atoms with Gasteiger partial charge in [-0.2, -0.15) is 0 Å². The number of carbonyl (C=O) groups excluding carboxylic acids is 2. The van der Waals surface area contributed by atoms with Crippen LogP contribution in [0.5, 0.6) is 0 Å². The lowest BCUT2D eigenvalue weighted by molar-refractivity contribution is -0.165. The summed E-state index contributed by atoms with van der Waals surface area (Å²) in [4.78, 5) is 35.0. The van der Waals surface area contributed by atoms with Gasteiger partial charge in [-0.3, -0.25) is 19.6 Å². The minimum atomic E-state index is -0.735. The molecule has 2 fully saturated rings. The van der Waals surface area contributed by atoms with Gasteiger partial charge in [-0.05, 0) is 89.8 Å². The Hall–Kier alpha value is -2.50. The van der Waals surface area contributed by atoms with E-state index in [9.17, 15) is 9.59 Å². The minimum absolute atomic E-state index is 0.0767. The number of hydrogen-bond donors (Lipinski definition) is 0. The predicted molar refractivity (Wildman–Crippen MR) is 117 cm³/mol. The average Bonchev–Trinajstić information content (AvgIpc) is 3.54. The second kappa shape index (κ2) is 7.88. The van der Waals surface area contributed by atoms with Crippen molar-refractivity contribution >= 4 is 22.8 Å². The number of aromatic nitrogens is 2. The van der Waals surface area contributed by atoms with Gasteiger partial charge < -0.3 is 9.47 Å². The highest BCUT2D eigenvalue weighted by Gasteiger charge is 2.59. The summed E-state index contributed by atoms with van der Waals surface area (Å²) < 4.78 is 11.3. The second-order valence-electron chi connectivity index (χ2n) is 9.99. The van der Waals surface area contributed by atoms with E-state index in [1.807, 2.05) is 39.8 Å². The highest BCUT2D eigenvalue weighted by molar-refractivity contribution is 5.92. The Kier molecular flexibility index (Phi) is 5.52. The van der Waals surface area contributed by atoms with Gasteiger partial charge in [0.2, 0.25) is 0 Å². The summed E-state index contributed by atoms with van der Waals surface area (Å²) in [6.45, 7) is 7.92. The lowest BCUT2D eigenvalue weighted by Crippen LogP contribution is -2.44. The molecular formula is C25H32N2O4. The minimum Gasteiger partial charge on any atom is -0.465 e. The Balaban J connectivity index is 1.64. The van der Waals surface area contributed by atoms with Gasteiger partial charge in [-0.1, -0.05) is 0 Å². The number of rotatable bonds is 5. The maximum Gasteiger partial charge on any atom is 0.316 e. The van der Waals surface area contributed by atoms with Crippen LogP contribution in [0.3, 0.4) is 0 Å². The lowest BCUT2D eigenvalue weighted by Gasteiger charge is -2.41. The molecule has 0 saturated heterocycles. The van der Waals surface area contributed by atoms with Crippen molar-refractivity contribution in [1.29, 1.82) is 0 Å². The standard InChI is InChI=1S/C25H32N2O4/c1-5-30-21(28)25(19-8-15-27-20-9-14-26-16-18(19)20)10-6-17(7-11-25)24(12-13-24)22(29)31-23(2,3)4/h8-9,14-17H,5-7,10-13H2,1-4H3. The largest absolute Gasteiger partial charge is 0.465 e. The number of fused-ring (bicyclic) bond motifs is 1. The maximum atomic E-state index is 13.3. The Labute approximate surface area is 183 Å². The van der Waals surface area contributed by atoms with E-state index in [1.165, 1.54) is 0 Å². The molecule has 0 atom stereocenters. The van der Waals surface area contributed by atoms with Gasteiger partial charge >= 0.3 is 11.9 Å². The smallest absolute Gasteiger partial charge is 0.316 e. The molecule has 166 valence electrons. The van der Waals surface area contributed by atoms with Crippen LogP contribution in [0.25, 0.3) is 10.9 Å². The third kappa shape index (κ3) is 3.92. The third-order valence-corrected chi connectivity index (χ3v) is 6.94. The summed E-state index contributed by atoms with van der Waals surface area (Å²) in [7, 11) is 0. The Morgan fingerprint density at radius 1 is 1.06 bits per heavy atom. The van der Waals surface area contributed by atoms with E-state index in [2.05, 4.69) is 9.97 Å². The van der Waals surface area contributed by atoms with E-state index >= 15 is 0 Å². The van der Waals surface area contributed by atoms with Crippen LogP contribution in [0.4, 0.5) is 0 Å². The molecule has 0 aliphatic heterocycles. The quantitative estimate of drug-likeness (QED) is 0.645. The molecule has 0 spiro atoms. The van der Waals surface area contributed by atoms with E-state index in [-0.39, 0.29) is 23.3 Å². The fourth-order valence-corrected chi connectivity index (χ4v) is 5.22. The molecule has 0 aromatic carbocycles. The van der Waals surface area contributed by atoms with Gasteiger partial charge in [0.25, 0.3) is 0 Å². The normalized spacial score (nSPS) is 25.1. The number of carbonyl (C=O) groups is 2. The number of pyridine rings is 2. The SMILES string of the molecule is CCOC(=O)C1(c2ccnc3ccncc23)CCC(C2(C(=O)OC(C)(C)C)CC2)CC1. The Morgan fingerprint density at radius 3 is 2.39 bits per heavy atom. The fourth-order valence-electron chi connectivity index (χ4n) is 5.22. The van der Waals surface area contributed by atoms with Crippen molar-refractivity contribution in [2.45, 2.75) is 77.2 Å². The zero-order valence-electron chi connectivity index (χ0n) is 18.9. The molecule has 4 rings (SSSR count).